The van der Waals surface area contributed by atoms with Gasteiger partial charge in [0.25, 0.3) is 5.91 Å². The predicted octanol–water partition coefficient (Wildman–Crippen LogP) is 3.29. The number of aromatic nitrogens is 2. The van der Waals surface area contributed by atoms with Crippen LogP contribution in [0.1, 0.15) is 34.3 Å². The number of halogens is 1. The zero-order valence-electron chi connectivity index (χ0n) is 20.4. The molecule has 2 aliphatic rings. The summed E-state index contributed by atoms with van der Waals surface area (Å²) in [5, 5.41) is 16.5. The highest BCUT2D eigenvalue weighted by Gasteiger charge is 2.30. The fraction of sp³-hybridized carbons (Fsp3) is 0.185. The van der Waals surface area contributed by atoms with E-state index in [0.29, 0.717) is 33.5 Å². The summed E-state index contributed by atoms with van der Waals surface area (Å²) in [7, 11) is 0. The molecule has 0 bridgehead atoms. The van der Waals surface area contributed by atoms with E-state index in [-0.39, 0.29) is 24.9 Å². The fourth-order valence-electron chi connectivity index (χ4n) is 4.21. The molecular weight excluding hydrogens is 508 g/mol. The van der Waals surface area contributed by atoms with E-state index in [1.165, 1.54) is 17.4 Å². The molecule has 1 unspecified atom stereocenters. The highest BCUT2D eigenvalue weighted by atomic mass is 35.5. The number of rotatable bonds is 8. The van der Waals surface area contributed by atoms with Crippen LogP contribution in [-0.2, 0) is 16.2 Å². The summed E-state index contributed by atoms with van der Waals surface area (Å²) in [5.41, 5.74) is 6.55. The first-order valence-electron chi connectivity index (χ1n) is 11.9. The monoisotopic (exact) mass is 532 g/mol. The van der Waals surface area contributed by atoms with E-state index in [1.54, 1.807) is 18.3 Å². The van der Waals surface area contributed by atoms with Crippen LogP contribution in [0.25, 0.3) is 11.3 Å². The number of nitrogens with one attached hydrogen (secondary N) is 3. The van der Waals surface area contributed by atoms with Gasteiger partial charge in [-0.25, -0.2) is 15.4 Å². The largest absolute Gasteiger partial charge is 0.390 e. The van der Waals surface area contributed by atoms with Gasteiger partial charge < -0.3 is 25.5 Å². The molecule has 0 fully saturated rings. The molecule has 10 nitrogen and oxygen atoms in total. The minimum Gasteiger partial charge on any atom is -0.390 e. The lowest BCUT2D eigenvalue weighted by atomic mass is 9.99. The second-order valence-electron chi connectivity index (χ2n) is 8.90. The summed E-state index contributed by atoms with van der Waals surface area (Å²) in [5.74, 6) is -0.713. The first-order valence-corrected chi connectivity index (χ1v) is 12.3. The second-order valence-corrected chi connectivity index (χ2v) is 9.31. The highest BCUT2D eigenvalue weighted by molar-refractivity contribution is 6.33. The average Bonchev–Trinajstić information content (AvgIpc) is 3.24. The Morgan fingerprint density at radius 3 is 2.84 bits per heavy atom. The number of hydrogen-bond donors (Lipinski definition) is 4. The number of allylic oxidation sites excluding steroid dienone is 1. The number of aliphatic hydroxyl groups is 1. The van der Waals surface area contributed by atoms with Crippen LogP contribution in [0.3, 0.4) is 0 Å². The molecule has 3 heterocycles. The van der Waals surface area contributed by atoms with Crippen LogP contribution in [0.5, 0.6) is 0 Å². The lowest BCUT2D eigenvalue weighted by Gasteiger charge is -2.22. The third-order valence-electron chi connectivity index (χ3n) is 6.30. The van der Waals surface area contributed by atoms with E-state index < -0.39 is 12.1 Å². The predicted molar refractivity (Wildman–Crippen MR) is 141 cm³/mol. The summed E-state index contributed by atoms with van der Waals surface area (Å²) in [6.45, 7) is 1.93. The molecule has 11 heteroatoms. The summed E-state index contributed by atoms with van der Waals surface area (Å²) in [6, 6.07) is 14.8. The molecule has 38 heavy (non-hydrogen) atoms. The maximum absolute atomic E-state index is 13.1. The molecule has 194 valence electrons. The Balaban J connectivity index is 1.26. The van der Waals surface area contributed by atoms with Gasteiger partial charge in [0.05, 0.1) is 28.8 Å². The number of benzene rings is 2. The number of hydrogen-bond acceptors (Lipinski definition) is 8. The number of amides is 2. The molecular formula is C27H25ClN6O4. The molecule has 0 spiro atoms. The molecule has 0 saturated heterocycles. The van der Waals surface area contributed by atoms with Gasteiger partial charge in [-0.15, -0.1) is 0 Å². The van der Waals surface area contributed by atoms with Crippen molar-refractivity contribution >= 4 is 29.4 Å². The molecule has 2 aliphatic heterocycles. The summed E-state index contributed by atoms with van der Waals surface area (Å²) in [6.07, 6.45) is 5.19. The number of fused-ring (bicyclic) bond motifs is 1. The lowest BCUT2D eigenvalue weighted by Crippen LogP contribution is -2.44. The first kappa shape index (κ1) is 25.2. The van der Waals surface area contributed by atoms with Crippen molar-refractivity contribution in [1.29, 1.82) is 0 Å². The SMILES string of the molecule is C[C@@H](c1ccccc1)C(O)NC(=O)CN1Cc2ccc(-c3nc(NC4=CNOC=C4)ncc3Cl)cc2C1=O. The first-order chi connectivity index (χ1) is 18.4. The zero-order valence-corrected chi connectivity index (χ0v) is 21.1. The van der Waals surface area contributed by atoms with Gasteiger partial charge in [0.2, 0.25) is 11.9 Å². The van der Waals surface area contributed by atoms with Gasteiger partial charge >= 0.3 is 0 Å². The Labute approximate surface area is 224 Å². The second kappa shape index (κ2) is 10.9. The number of aliphatic hydroxyl groups excluding tert-OH is 1. The van der Waals surface area contributed by atoms with Crippen LogP contribution in [0.15, 0.2) is 79.0 Å². The van der Waals surface area contributed by atoms with Crippen molar-refractivity contribution in [3.05, 3.63) is 101 Å². The molecule has 5 rings (SSSR count). The highest BCUT2D eigenvalue weighted by Crippen LogP contribution is 2.31. The van der Waals surface area contributed by atoms with Gasteiger partial charge in [-0.2, -0.15) is 0 Å². The Morgan fingerprint density at radius 1 is 1.26 bits per heavy atom. The van der Waals surface area contributed by atoms with Crippen molar-refractivity contribution in [2.45, 2.75) is 25.6 Å². The summed E-state index contributed by atoms with van der Waals surface area (Å²) < 4.78 is 0. The quantitative estimate of drug-likeness (QED) is 0.325. The Morgan fingerprint density at radius 2 is 2.08 bits per heavy atom. The van der Waals surface area contributed by atoms with Gasteiger partial charge in [-0.3, -0.25) is 9.59 Å². The third-order valence-corrected chi connectivity index (χ3v) is 6.58. The van der Waals surface area contributed by atoms with Gasteiger partial charge in [0, 0.05) is 29.7 Å². The van der Waals surface area contributed by atoms with Crippen LogP contribution < -0.4 is 16.1 Å². The molecule has 2 atom stereocenters. The van der Waals surface area contributed by atoms with E-state index in [4.69, 9.17) is 16.4 Å². The van der Waals surface area contributed by atoms with E-state index >= 15 is 0 Å². The van der Waals surface area contributed by atoms with Crippen molar-refractivity contribution in [2.24, 2.45) is 0 Å². The van der Waals surface area contributed by atoms with Crippen LogP contribution in [0, 0.1) is 0 Å². The van der Waals surface area contributed by atoms with Crippen molar-refractivity contribution in [1.82, 2.24) is 25.7 Å². The number of carbonyl (C=O) groups excluding carboxylic acids is 2. The normalized spacial score (nSPS) is 15.6. The Bertz CT molecular complexity index is 1430. The number of carbonyl (C=O) groups is 2. The fourth-order valence-corrected chi connectivity index (χ4v) is 4.41. The number of anilines is 1. The summed E-state index contributed by atoms with van der Waals surface area (Å²) in [4.78, 5) is 40.9. The topological polar surface area (TPSA) is 129 Å². The molecule has 3 aromatic rings. The van der Waals surface area contributed by atoms with Gasteiger partial charge in [-0.1, -0.05) is 61.0 Å². The van der Waals surface area contributed by atoms with Crippen LogP contribution in [0.2, 0.25) is 5.02 Å². The molecule has 2 amide bonds. The molecule has 4 N–H and O–H groups in total. The standard InChI is InChI=1S/C27H25ClN6O4/c1-16(17-5-3-2-4-6-17)25(36)32-23(35)15-34-14-19-8-7-18(11-21(19)26(34)37)24-22(28)13-29-27(33-24)31-20-9-10-38-30-12-20/h2-13,16,25,30,36H,14-15H2,1H3,(H,32,35)(H,29,31,33)/t16-,25?/m0/s1. The van der Waals surface area contributed by atoms with Gasteiger partial charge in [0.15, 0.2) is 0 Å². The van der Waals surface area contributed by atoms with E-state index in [2.05, 4.69) is 26.1 Å². The Hall–Kier alpha value is -4.41. The van der Waals surface area contributed by atoms with Crippen molar-refractivity contribution in [3.63, 3.8) is 0 Å². The zero-order chi connectivity index (χ0) is 26.6. The van der Waals surface area contributed by atoms with Crippen molar-refractivity contribution in [2.75, 3.05) is 11.9 Å². The molecule has 1 aromatic heterocycles. The van der Waals surface area contributed by atoms with Gasteiger partial charge in [-0.05, 0) is 17.2 Å². The lowest BCUT2D eigenvalue weighted by molar-refractivity contribution is -0.125. The van der Waals surface area contributed by atoms with E-state index in [9.17, 15) is 14.7 Å². The molecule has 0 radical (unpaired) electrons. The van der Waals surface area contributed by atoms with Gasteiger partial charge in [0.1, 0.15) is 19.0 Å². The average molecular weight is 533 g/mol. The van der Waals surface area contributed by atoms with E-state index in [0.717, 1.165) is 11.1 Å². The van der Waals surface area contributed by atoms with E-state index in [1.807, 2.05) is 49.4 Å². The third kappa shape index (κ3) is 5.46. The maximum atomic E-state index is 13.1. The van der Waals surface area contributed by atoms with Crippen LogP contribution >= 0.6 is 11.6 Å². The molecule has 2 aromatic carbocycles. The number of hydroxylamine groups is 1. The van der Waals surface area contributed by atoms with Crippen LogP contribution in [0.4, 0.5) is 5.95 Å². The minimum absolute atomic E-state index is 0.176. The van der Waals surface area contributed by atoms with Crippen molar-refractivity contribution < 1.29 is 19.5 Å². The molecule has 0 aliphatic carbocycles. The minimum atomic E-state index is -1.08. The number of nitrogens with zero attached hydrogens (tertiary/aromatic N) is 3. The smallest absolute Gasteiger partial charge is 0.254 e. The maximum Gasteiger partial charge on any atom is 0.254 e. The van der Waals surface area contributed by atoms with Crippen molar-refractivity contribution in [3.8, 4) is 11.3 Å². The molecule has 0 saturated carbocycles. The van der Waals surface area contributed by atoms with Crippen LogP contribution in [-0.4, -0.2) is 44.6 Å². The summed E-state index contributed by atoms with van der Waals surface area (Å²) >= 11 is 6.39. The Kier molecular flexibility index (Phi) is 7.25.